The Kier molecular flexibility index (Phi) is 4.81. The number of aliphatic hydroxyl groups is 1. The van der Waals surface area contributed by atoms with E-state index in [9.17, 15) is 40.6 Å². The first-order valence-electron chi connectivity index (χ1n) is 6.67. The van der Waals surface area contributed by atoms with E-state index in [4.69, 9.17) is 0 Å². The van der Waals surface area contributed by atoms with Gasteiger partial charge in [0.15, 0.2) is 0 Å². The maximum absolute atomic E-state index is 13.0. The summed E-state index contributed by atoms with van der Waals surface area (Å²) in [7, 11) is 0. The summed E-state index contributed by atoms with van der Waals surface area (Å²) in [6.45, 7) is -0.112. The van der Waals surface area contributed by atoms with Crippen molar-refractivity contribution in [1.82, 2.24) is 14.8 Å². The van der Waals surface area contributed by atoms with Crippen LogP contribution in [0.4, 0.5) is 30.7 Å². The van der Waals surface area contributed by atoms with Crippen LogP contribution in [0, 0.1) is 0 Å². The Hall–Kier alpha value is -2.18. The minimum Gasteiger partial charge on any atom is -0.362 e. The van der Waals surface area contributed by atoms with Crippen LogP contribution in [0.5, 0.6) is 0 Å². The van der Waals surface area contributed by atoms with Crippen molar-refractivity contribution in [3.63, 3.8) is 0 Å². The van der Waals surface area contributed by atoms with E-state index in [1.807, 2.05) is 0 Å². The fourth-order valence-corrected chi connectivity index (χ4v) is 2.26. The first-order valence-corrected chi connectivity index (χ1v) is 6.67. The van der Waals surface area contributed by atoms with Gasteiger partial charge in [-0.2, -0.15) is 28.4 Å². The Morgan fingerprint density at radius 3 is 2.40 bits per heavy atom. The van der Waals surface area contributed by atoms with Gasteiger partial charge in [0.25, 0.3) is 24.5 Å². The van der Waals surface area contributed by atoms with Crippen molar-refractivity contribution < 1.29 is 40.6 Å². The van der Waals surface area contributed by atoms with Crippen LogP contribution in [-0.4, -0.2) is 43.4 Å². The first kappa shape index (κ1) is 19.1. The summed E-state index contributed by atoms with van der Waals surface area (Å²) < 4.78 is 90.1. The lowest BCUT2D eigenvalue weighted by atomic mass is 10.1. The van der Waals surface area contributed by atoms with Crippen molar-refractivity contribution in [3.05, 3.63) is 17.5 Å². The average molecular weight is 376 g/mol. The molecule has 0 bridgehead atoms. The number of hydrogen-bond donors (Lipinski definition) is 1. The molecule has 2 heterocycles. The van der Waals surface area contributed by atoms with Gasteiger partial charge in [-0.1, -0.05) is 0 Å². The lowest BCUT2D eigenvalue weighted by Crippen LogP contribution is -2.57. The molecule has 0 aliphatic carbocycles. The smallest absolute Gasteiger partial charge is 0.362 e. The van der Waals surface area contributed by atoms with Gasteiger partial charge in [0, 0.05) is 12.1 Å². The lowest BCUT2D eigenvalue weighted by molar-refractivity contribution is -0.302. The number of nitrogens with zero attached hydrogens (tertiary/aromatic N) is 4. The van der Waals surface area contributed by atoms with Crippen molar-refractivity contribution in [1.29, 1.82) is 0 Å². The van der Waals surface area contributed by atoms with Crippen LogP contribution in [0.3, 0.4) is 0 Å². The molecule has 140 valence electrons. The number of alkyl halides is 7. The molecule has 1 aromatic heterocycles. The van der Waals surface area contributed by atoms with Gasteiger partial charge < -0.3 is 5.11 Å². The Labute approximate surface area is 135 Å². The molecular weight excluding hydrogens is 365 g/mol. The molecule has 0 spiro atoms. The maximum atomic E-state index is 13.0. The molecule has 1 atom stereocenters. The molecule has 0 fully saturated rings. The van der Waals surface area contributed by atoms with Crippen LogP contribution >= 0.6 is 0 Å². The summed E-state index contributed by atoms with van der Waals surface area (Å²) in [4.78, 5) is 12.0. The van der Waals surface area contributed by atoms with Gasteiger partial charge in [-0.3, -0.25) is 9.48 Å². The Morgan fingerprint density at radius 2 is 1.92 bits per heavy atom. The highest BCUT2D eigenvalue weighted by Crippen LogP contribution is 2.40. The molecule has 1 N–H and O–H groups in total. The highest BCUT2D eigenvalue weighted by atomic mass is 19.4. The molecule has 13 heteroatoms. The standard InChI is InChI=1S/C12H11F7N4O2/c1-5-3-11(25,12(17,18)19)23(20-5)8(24)4-22-7(10(15)16)2-6(21-22)9(13)14/h2,9-10,25H,3-4H2,1H3/t11-/m1/s1. The number of amides is 1. The number of halogens is 7. The highest BCUT2D eigenvalue weighted by molar-refractivity contribution is 5.89. The van der Waals surface area contributed by atoms with Crippen LogP contribution in [-0.2, 0) is 11.3 Å². The van der Waals surface area contributed by atoms with E-state index >= 15 is 0 Å². The van der Waals surface area contributed by atoms with Crippen molar-refractivity contribution in [2.75, 3.05) is 0 Å². The zero-order valence-electron chi connectivity index (χ0n) is 12.4. The monoisotopic (exact) mass is 376 g/mol. The minimum atomic E-state index is -5.27. The summed E-state index contributed by atoms with van der Waals surface area (Å²) in [5, 5.41) is 15.8. The third kappa shape index (κ3) is 3.45. The van der Waals surface area contributed by atoms with Gasteiger partial charge in [-0.25, -0.2) is 17.6 Å². The van der Waals surface area contributed by atoms with Gasteiger partial charge in [0.2, 0.25) is 0 Å². The second-order valence-electron chi connectivity index (χ2n) is 5.29. The predicted molar refractivity (Wildman–Crippen MR) is 67.7 cm³/mol. The van der Waals surface area contributed by atoms with E-state index in [0.29, 0.717) is 6.07 Å². The summed E-state index contributed by atoms with van der Waals surface area (Å²) in [6.07, 6.45) is -12.8. The molecule has 0 aromatic carbocycles. The van der Waals surface area contributed by atoms with E-state index in [1.54, 1.807) is 0 Å². The fourth-order valence-electron chi connectivity index (χ4n) is 2.26. The van der Waals surface area contributed by atoms with E-state index in [0.717, 1.165) is 6.92 Å². The SMILES string of the molecule is CC1=NN(C(=O)Cn2nc(C(F)F)cc2C(F)F)[C@](O)(C(F)(F)F)C1. The molecule has 0 saturated carbocycles. The largest absolute Gasteiger partial charge is 0.438 e. The number of hydrazone groups is 1. The number of hydrogen-bond acceptors (Lipinski definition) is 4. The average Bonchev–Trinajstić information content (AvgIpc) is 3.00. The van der Waals surface area contributed by atoms with Gasteiger partial charge >= 0.3 is 6.18 Å². The van der Waals surface area contributed by atoms with E-state index in [-0.39, 0.29) is 15.4 Å². The molecule has 0 radical (unpaired) electrons. The second kappa shape index (κ2) is 6.28. The molecule has 1 aliphatic rings. The van der Waals surface area contributed by atoms with E-state index < -0.39 is 55.0 Å². The van der Waals surface area contributed by atoms with Gasteiger partial charge in [-0.15, -0.1) is 0 Å². The molecule has 1 amide bonds. The Balaban J connectivity index is 2.33. The van der Waals surface area contributed by atoms with Crippen LogP contribution in [0.2, 0.25) is 0 Å². The Bertz CT molecular complexity index is 700. The van der Waals surface area contributed by atoms with E-state index in [2.05, 4.69) is 10.2 Å². The van der Waals surface area contributed by atoms with Crippen molar-refractivity contribution in [2.45, 2.75) is 44.6 Å². The zero-order chi connectivity index (χ0) is 19.2. The molecule has 0 saturated heterocycles. The molecule has 1 aliphatic heterocycles. The fraction of sp³-hybridized carbons (Fsp3) is 0.583. The molecule has 6 nitrogen and oxygen atoms in total. The number of carbonyl (C=O) groups is 1. The normalized spacial score (nSPS) is 21.4. The molecule has 0 unspecified atom stereocenters. The van der Waals surface area contributed by atoms with Crippen LogP contribution < -0.4 is 0 Å². The summed E-state index contributed by atoms with van der Waals surface area (Å²) in [5.41, 5.74) is -6.00. The van der Waals surface area contributed by atoms with Crippen LogP contribution in [0.25, 0.3) is 0 Å². The number of carbonyl (C=O) groups excluding carboxylic acids is 1. The van der Waals surface area contributed by atoms with Crippen molar-refractivity contribution in [3.8, 4) is 0 Å². The lowest BCUT2D eigenvalue weighted by Gasteiger charge is -2.32. The molecule has 2 rings (SSSR count). The third-order valence-corrected chi connectivity index (χ3v) is 3.38. The highest BCUT2D eigenvalue weighted by Gasteiger charge is 2.62. The van der Waals surface area contributed by atoms with Gasteiger partial charge in [-0.05, 0) is 13.0 Å². The first-order chi connectivity index (χ1) is 11.4. The Morgan fingerprint density at radius 1 is 1.32 bits per heavy atom. The number of rotatable bonds is 4. The zero-order valence-corrected chi connectivity index (χ0v) is 12.4. The molecule has 25 heavy (non-hydrogen) atoms. The van der Waals surface area contributed by atoms with Gasteiger partial charge in [0.1, 0.15) is 17.9 Å². The summed E-state index contributed by atoms with van der Waals surface area (Å²) >= 11 is 0. The predicted octanol–water partition coefficient (Wildman–Crippen LogP) is 2.62. The van der Waals surface area contributed by atoms with Crippen LogP contribution in [0.1, 0.15) is 37.6 Å². The third-order valence-electron chi connectivity index (χ3n) is 3.38. The maximum Gasteiger partial charge on any atom is 0.438 e. The van der Waals surface area contributed by atoms with Crippen molar-refractivity contribution in [2.24, 2.45) is 5.10 Å². The quantitative estimate of drug-likeness (QED) is 0.822. The number of aromatic nitrogens is 2. The molecule has 1 aromatic rings. The summed E-state index contributed by atoms with van der Waals surface area (Å²) in [6, 6.07) is 0.344. The van der Waals surface area contributed by atoms with E-state index in [1.165, 1.54) is 0 Å². The minimum absolute atomic E-state index is 0.161. The topological polar surface area (TPSA) is 70.7 Å². The molecular formula is C12H11F7N4O2. The second-order valence-corrected chi connectivity index (χ2v) is 5.29. The van der Waals surface area contributed by atoms with Gasteiger partial charge in [0.05, 0.1) is 0 Å². The van der Waals surface area contributed by atoms with Crippen molar-refractivity contribution >= 4 is 11.6 Å². The van der Waals surface area contributed by atoms with Crippen LogP contribution in [0.15, 0.2) is 11.2 Å². The summed E-state index contributed by atoms with van der Waals surface area (Å²) in [5.74, 6) is -1.54.